The third-order valence-electron chi connectivity index (χ3n) is 15.1. The molecule has 0 aliphatic carbocycles. The number of benzene rings is 12. The van der Waals surface area contributed by atoms with E-state index >= 15 is 0 Å². The lowest BCUT2D eigenvalue weighted by molar-refractivity contribution is -0.282. The zero-order valence-electron chi connectivity index (χ0n) is 48.1. The summed E-state index contributed by atoms with van der Waals surface area (Å²) < 4.78 is 0. The summed E-state index contributed by atoms with van der Waals surface area (Å²) in [4.78, 5) is 40.5. The van der Waals surface area contributed by atoms with Gasteiger partial charge in [-0.25, -0.2) is 39.1 Å². The molecule has 12 aromatic carbocycles. The Bertz CT molecular complexity index is 3830. The zero-order valence-corrected chi connectivity index (χ0v) is 49.9. The Morgan fingerprint density at radius 1 is 0.262 bits per heavy atom. The van der Waals surface area contributed by atoms with Gasteiger partial charge in [0, 0.05) is 0 Å². The van der Waals surface area contributed by atoms with Gasteiger partial charge in [0.1, 0.15) is 26.4 Å². The third kappa shape index (κ3) is 12.8. The van der Waals surface area contributed by atoms with Crippen LogP contribution in [0.4, 0.5) is 0 Å². The Morgan fingerprint density at radius 3 is 0.774 bits per heavy atom. The van der Waals surface area contributed by atoms with Gasteiger partial charge in [-0.15, -0.1) is 0 Å². The predicted molar refractivity (Wildman–Crippen MR) is 348 cm³/mol. The van der Waals surface area contributed by atoms with Crippen LogP contribution in [0.5, 0.6) is 0 Å². The van der Waals surface area contributed by atoms with Gasteiger partial charge in [-0.1, -0.05) is 218 Å². The summed E-state index contributed by atoms with van der Waals surface area (Å²) in [7, 11) is 4.22. The maximum Gasteiger partial charge on any atom is 0.107 e. The van der Waals surface area contributed by atoms with Gasteiger partial charge in [-0.2, -0.15) is 0 Å². The van der Waals surface area contributed by atoms with Crippen LogP contribution in [0.25, 0.3) is 65.3 Å². The maximum absolute atomic E-state index is 5.39. The molecule has 10 heteroatoms. The summed E-state index contributed by atoms with van der Waals surface area (Å²) in [5, 5.41) is 17.4. The van der Waals surface area contributed by atoms with E-state index in [1.807, 2.05) is 0 Å². The van der Waals surface area contributed by atoms with Crippen molar-refractivity contribution in [1.29, 1.82) is 0 Å². The van der Waals surface area contributed by atoms with Crippen LogP contribution >= 0.6 is 15.8 Å². The summed E-state index contributed by atoms with van der Waals surface area (Å²) in [6, 6.07) is 88.3. The first-order chi connectivity index (χ1) is 41.3. The zero-order chi connectivity index (χ0) is 57.8. The number of hydrogen-bond acceptors (Lipinski definition) is 8. The molecule has 0 saturated carbocycles. The van der Waals surface area contributed by atoms with E-state index in [1.54, 1.807) is 14.2 Å². The van der Waals surface area contributed by atoms with Crippen LogP contribution in [0, 0.1) is 13.8 Å². The second-order valence-electron chi connectivity index (χ2n) is 20.4. The Kier molecular flexibility index (Phi) is 19.2. The smallest absolute Gasteiger partial charge is 0.107 e. The van der Waals surface area contributed by atoms with Crippen molar-refractivity contribution in [2.45, 2.75) is 40.3 Å². The highest BCUT2D eigenvalue weighted by molar-refractivity contribution is 7.80. The first-order valence-electron chi connectivity index (χ1n) is 27.9. The van der Waals surface area contributed by atoms with Crippen molar-refractivity contribution in [3.05, 3.63) is 276 Å². The van der Waals surface area contributed by atoms with Crippen molar-refractivity contribution < 1.29 is 39.1 Å². The topological polar surface area (TPSA) is 73.8 Å². The van der Waals surface area contributed by atoms with Gasteiger partial charge >= 0.3 is 0 Å². The summed E-state index contributed by atoms with van der Waals surface area (Å²) in [5.41, 5.74) is 11.8. The fraction of sp³-hybridized carbons (Fsp3) is 0.135. The van der Waals surface area contributed by atoms with E-state index in [0.717, 1.165) is 33.0 Å². The Morgan fingerprint density at radius 2 is 0.512 bits per heavy atom. The van der Waals surface area contributed by atoms with Gasteiger partial charge in [-0.3, -0.25) is 0 Å². The molecule has 420 valence electrons. The van der Waals surface area contributed by atoms with Crippen LogP contribution in [-0.4, -0.2) is 28.4 Å². The van der Waals surface area contributed by atoms with Crippen LogP contribution < -0.4 is 31.8 Å². The van der Waals surface area contributed by atoms with Crippen LogP contribution in [0.3, 0.4) is 0 Å². The van der Waals surface area contributed by atoms with Gasteiger partial charge < -0.3 is 0 Å². The molecule has 0 amide bonds. The van der Waals surface area contributed by atoms with Gasteiger partial charge in [0.2, 0.25) is 0 Å². The number of hydrogen-bond donors (Lipinski definition) is 0. The highest BCUT2D eigenvalue weighted by Gasteiger charge is 2.29. The monoisotopic (exact) mass is 1140 g/mol. The molecule has 0 fully saturated rings. The molecule has 12 rings (SSSR count). The van der Waals surface area contributed by atoms with Gasteiger partial charge in [0.15, 0.2) is 0 Å². The first-order valence-corrected chi connectivity index (χ1v) is 30.6. The second kappa shape index (κ2) is 27.7. The average Bonchev–Trinajstić information content (AvgIpc) is 2.98. The molecule has 0 N–H and O–H groups in total. The van der Waals surface area contributed by atoms with Crippen LogP contribution in [-0.2, 0) is 65.5 Å². The quantitative estimate of drug-likeness (QED) is 0.0425. The number of aryl methyl sites for hydroxylation is 2. The van der Waals surface area contributed by atoms with Crippen molar-refractivity contribution in [1.82, 2.24) is 0 Å². The van der Waals surface area contributed by atoms with E-state index in [9.17, 15) is 0 Å². The molecule has 0 bridgehead atoms. The van der Waals surface area contributed by atoms with Crippen LogP contribution in [0.1, 0.15) is 33.4 Å². The van der Waals surface area contributed by atoms with Crippen LogP contribution in [0.15, 0.2) is 243 Å². The highest BCUT2D eigenvalue weighted by Crippen LogP contribution is 2.46. The Balaban J connectivity index is 0.000000207. The predicted octanol–water partition coefficient (Wildman–Crippen LogP) is 15.8. The largest absolute Gasteiger partial charge is 0.240 e. The lowest BCUT2D eigenvalue weighted by atomic mass is 9.87. The van der Waals surface area contributed by atoms with Gasteiger partial charge in [-0.05, 0) is 185 Å². The molecule has 0 saturated heterocycles. The van der Waals surface area contributed by atoms with E-state index in [-0.39, 0.29) is 0 Å². The molecule has 0 aromatic heterocycles. The van der Waals surface area contributed by atoms with Crippen LogP contribution in [0.2, 0.25) is 0 Å². The summed E-state index contributed by atoms with van der Waals surface area (Å²) in [5.74, 6) is 0. The van der Waals surface area contributed by atoms with E-state index in [2.05, 4.69) is 257 Å². The lowest BCUT2D eigenvalue weighted by Crippen LogP contribution is -2.26. The van der Waals surface area contributed by atoms with E-state index in [0.29, 0.717) is 26.4 Å². The summed E-state index contributed by atoms with van der Waals surface area (Å²) in [6.07, 6.45) is 0. The fourth-order valence-electron chi connectivity index (χ4n) is 11.3. The lowest BCUT2D eigenvalue weighted by Gasteiger charge is -2.28. The highest BCUT2D eigenvalue weighted by atomic mass is 31.1. The Labute approximate surface area is 494 Å². The Hall–Kier alpha value is -7.78. The maximum atomic E-state index is 5.39. The van der Waals surface area contributed by atoms with Gasteiger partial charge in [0.25, 0.3) is 0 Å². The molecule has 0 radical (unpaired) electrons. The molecule has 0 aliphatic rings. The summed E-state index contributed by atoms with van der Waals surface area (Å²) >= 11 is 0. The number of rotatable bonds is 20. The molecule has 84 heavy (non-hydrogen) atoms. The third-order valence-corrected chi connectivity index (χ3v) is 20.1. The first kappa shape index (κ1) is 58.0. The fourth-order valence-corrected chi connectivity index (χ4v) is 16.3. The normalized spacial score (nSPS) is 11.5. The second-order valence-corrected chi connectivity index (χ2v) is 24.8. The van der Waals surface area contributed by atoms with E-state index < -0.39 is 15.8 Å². The molecule has 0 atom stereocenters. The summed E-state index contributed by atoms with van der Waals surface area (Å²) in [6.45, 7) is 5.93. The van der Waals surface area contributed by atoms with Gasteiger partial charge in [0.05, 0.1) is 28.4 Å². The molecule has 12 aromatic rings. The van der Waals surface area contributed by atoms with Crippen molar-refractivity contribution >= 4 is 90.8 Å². The van der Waals surface area contributed by atoms with Crippen molar-refractivity contribution in [2.75, 3.05) is 28.4 Å². The minimum Gasteiger partial charge on any atom is -0.240 e. The molecular weight excluding hydrogens is 1080 g/mol. The van der Waals surface area contributed by atoms with E-state index in [4.69, 9.17) is 39.1 Å². The van der Waals surface area contributed by atoms with Crippen molar-refractivity contribution in [3.8, 4) is 22.3 Å². The van der Waals surface area contributed by atoms with Crippen molar-refractivity contribution in [2.24, 2.45) is 0 Å². The standard InChI is InChI=1S/C48H40O4P2.C26H26O4/c1-49-51-33-35-23-27-43-37(31-35)25-29-45(53(39-15-7-3-8-16-39)40-17-9-4-10-18-40)47(43)48-44-28-24-36(34-52-50-2)32-38(44)26-30-46(48)54(41-19-11-5-12-20-41)42-21-13-6-14-22-42;1-17-5-9-21-13-19(15-29-27-3)7-11-23(21)25(17)26-18(2)6-10-22-14-20(16-30-28-4)8-12-24(22)26/h3-32H,33-34H2,1-2H3;5-14H,15-16H2,1-4H3. The average molecular weight is 1150 g/mol. The minimum absolute atomic E-state index is 0.365. The molecule has 0 spiro atoms. The number of fused-ring (bicyclic) bond motifs is 4. The van der Waals surface area contributed by atoms with Crippen molar-refractivity contribution in [3.63, 3.8) is 0 Å². The minimum atomic E-state index is -0.964. The molecule has 0 aliphatic heterocycles. The van der Waals surface area contributed by atoms with E-state index in [1.165, 1.54) is 112 Å². The molecular formula is C74H66O8P2. The molecule has 8 nitrogen and oxygen atoms in total. The molecule has 0 unspecified atom stereocenters. The molecule has 0 heterocycles. The SMILES string of the molecule is COOCc1ccc2c(-c3c(C)ccc4cc(COOC)ccc34)c(C)ccc2c1.COOCc1ccc2c(-c3c(P(c4ccccc4)c4ccccc4)ccc4cc(COOC)ccc34)c(P(c3ccccc3)c3ccccc3)ccc2c1.